The number of nitrogens with zero attached hydrogens (tertiary/aromatic N) is 2. The average Bonchev–Trinajstić information content (AvgIpc) is 3.28. The molecule has 0 radical (unpaired) electrons. The van der Waals surface area contributed by atoms with Crippen molar-refractivity contribution >= 4 is 24.2 Å². The SMILES string of the molecule is CN(CC(=O)NC(c1ccccc1)c1ccccc1)CC(O)COc1ccccc1.CN(CC(=O)NC(c1ccccc1)c1ccccc1)CC(O)COc1ccccc1.Cl.O. The van der Waals surface area contributed by atoms with Gasteiger partial charge in [-0.15, -0.1) is 12.4 Å². The minimum Gasteiger partial charge on any atom is -0.491 e. The maximum Gasteiger partial charge on any atom is 0.234 e. The van der Waals surface area contributed by atoms with Crippen molar-refractivity contribution in [3.63, 3.8) is 0 Å². The molecule has 0 saturated heterocycles. The van der Waals surface area contributed by atoms with E-state index in [2.05, 4.69) is 10.6 Å². The molecular formula is C50H59ClN4O7. The van der Waals surface area contributed by atoms with Crippen LogP contribution in [0, 0.1) is 0 Å². The number of hydrogen-bond acceptors (Lipinski definition) is 8. The lowest BCUT2D eigenvalue weighted by molar-refractivity contribution is -0.123. The molecule has 6 rings (SSSR count). The summed E-state index contributed by atoms with van der Waals surface area (Å²) < 4.78 is 11.2. The van der Waals surface area contributed by atoms with Gasteiger partial charge in [-0.1, -0.05) is 158 Å². The molecule has 0 heterocycles. The first-order valence-electron chi connectivity index (χ1n) is 20.1. The Morgan fingerprint density at radius 3 is 0.968 bits per heavy atom. The van der Waals surface area contributed by atoms with E-state index >= 15 is 0 Å². The Labute approximate surface area is 371 Å². The van der Waals surface area contributed by atoms with Crippen LogP contribution in [0.2, 0.25) is 0 Å². The number of halogens is 1. The van der Waals surface area contributed by atoms with Gasteiger partial charge in [-0.05, 0) is 60.6 Å². The molecule has 0 spiro atoms. The maximum atomic E-state index is 12.7. The minimum absolute atomic E-state index is 0. The Balaban J connectivity index is 0.000000320. The van der Waals surface area contributed by atoms with Crippen LogP contribution in [-0.4, -0.2) is 103 Å². The number of para-hydroxylation sites is 2. The third kappa shape index (κ3) is 17.9. The van der Waals surface area contributed by atoms with Crippen molar-refractivity contribution < 1.29 is 34.8 Å². The van der Waals surface area contributed by atoms with E-state index in [9.17, 15) is 19.8 Å². The van der Waals surface area contributed by atoms with Gasteiger partial charge in [0.15, 0.2) is 0 Å². The van der Waals surface area contributed by atoms with Crippen molar-refractivity contribution in [2.45, 2.75) is 24.3 Å². The molecule has 6 aromatic rings. The molecule has 62 heavy (non-hydrogen) atoms. The zero-order chi connectivity index (χ0) is 42.4. The summed E-state index contributed by atoms with van der Waals surface area (Å²) in [7, 11) is 3.62. The molecule has 2 atom stereocenters. The van der Waals surface area contributed by atoms with E-state index in [0.29, 0.717) is 24.6 Å². The quantitative estimate of drug-likeness (QED) is 0.0716. The molecule has 12 heteroatoms. The van der Waals surface area contributed by atoms with Gasteiger partial charge in [0.25, 0.3) is 0 Å². The number of amides is 2. The Morgan fingerprint density at radius 1 is 0.468 bits per heavy atom. The van der Waals surface area contributed by atoms with E-state index in [-0.39, 0.29) is 68.1 Å². The third-order valence-corrected chi connectivity index (χ3v) is 9.39. The molecular weight excluding hydrogens is 804 g/mol. The van der Waals surface area contributed by atoms with Crippen LogP contribution < -0.4 is 20.1 Å². The van der Waals surface area contributed by atoms with Crippen molar-refractivity contribution in [1.29, 1.82) is 0 Å². The summed E-state index contributed by atoms with van der Waals surface area (Å²) in [4.78, 5) is 29.0. The van der Waals surface area contributed by atoms with Gasteiger partial charge in [-0.3, -0.25) is 19.4 Å². The lowest BCUT2D eigenvalue weighted by atomic mass is 9.99. The van der Waals surface area contributed by atoms with Crippen LogP contribution in [0.25, 0.3) is 0 Å². The Morgan fingerprint density at radius 2 is 0.710 bits per heavy atom. The topological polar surface area (TPSA) is 155 Å². The van der Waals surface area contributed by atoms with Gasteiger partial charge in [-0.25, -0.2) is 0 Å². The summed E-state index contributed by atoms with van der Waals surface area (Å²) in [6, 6.07) is 57.9. The fraction of sp³-hybridized carbons (Fsp3) is 0.240. The fourth-order valence-corrected chi connectivity index (χ4v) is 6.58. The highest BCUT2D eigenvalue weighted by molar-refractivity contribution is 5.85. The molecule has 6 N–H and O–H groups in total. The van der Waals surface area contributed by atoms with Crippen LogP contribution in [0.1, 0.15) is 34.3 Å². The number of hydrogen-bond donors (Lipinski definition) is 4. The van der Waals surface area contributed by atoms with Gasteiger partial charge in [-0.2, -0.15) is 0 Å². The average molecular weight is 863 g/mol. The summed E-state index contributed by atoms with van der Waals surface area (Å²) >= 11 is 0. The largest absolute Gasteiger partial charge is 0.491 e. The number of carbonyl (C=O) groups is 2. The number of benzene rings is 6. The van der Waals surface area contributed by atoms with Crippen molar-refractivity contribution in [3.05, 3.63) is 204 Å². The zero-order valence-corrected chi connectivity index (χ0v) is 36.0. The summed E-state index contributed by atoms with van der Waals surface area (Å²) in [5, 5.41) is 26.7. The number of likely N-dealkylation sites (N-methyl/N-ethyl adjacent to an activating group) is 2. The zero-order valence-electron chi connectivity index (χ0n) is 35.2. The summed E-state index contributed by atoms with van der Waals surface area (Å²) in [5.41, 5.74) is 4.10. The second-order valence-electron chi connectivity index (χ2n) is 14.6. The standard InChI is InChI=1S/2C25H28N2O3.ClH.H2O/c2*1-27(17-22(28)19-30-23-15-9-4-10-16-23)18-24(29)26-25(20-11-5-2-6-12-20)21-13-7-3-8-14-21;;/h2*2-16,22,25,28H,17-19H2,1H3,(H,26,29);1H;1H2. The first-order chi connectivity index (χ1) is 29.2. The highest BCUT2D eigenvalue weighted by atomic mass is 35.5. The number of ether oxygens (including phenoxy) is 2. The smallest absolute Gasteiger partial charge is 0.234 e. The maximum absolute atomic E-state index is 12.7. The van der Waals surface area contributed by atoms with Crippen LogP contribution in [0.4, 0.5) is 0 Å². The monoisotopic (exact) mass is 862 g/mol. The lowest BCUT2D eigenvalue weighted by Gasteiger charge is -2.23. The van der Waals surface area contributed by atoms with Crippen molar-refractivity contribution in [2.24, 2.45) is 0 Å². The first kappa shape index (κ1) is 50.3. The predicted octanol–water partition coefficient (Wildman–Crippen LogP) is 6.12. The Kier molecular flexibility index (Phi) is 22.5. The van der Waals surface area contributed by atoms with Crippen molar-refractivity contribution in [2.75, 3.05) is 53.5 Å². The molecule has 328 valence electrons. The predicted molar refractivity (Wildman–Crippen MR) is 247 cm³/mol. The summed E-state index contributed by atoms with van der Waals surface area (Å²) in [6.07, 6.45) is -1.39. The molecule has 0 aliphatic heterocycles. The number of carbonyl (C=O) groups excluding carboxylic acids is 2. The van der Waals surface area contributed by atoms with Crippen LogP contribution in [0.3, 0.4) is 0 Å². The van der Waals surface area contributed by atoms with Crippen LogP contribution >= 0.6 is 12.4 Å². The molecule has 0 aliphatic rings. The lowest BCUT2D eigenvalue weighted by Crippen LogP contribution is -2.41. The first-order valence-corrected chi connectivity index (χ1v) is 20.1. The molecule has 2 amide bonds. The number of rotatable bonds is 20. The van der Waals surface area contributed by atoms with E-state index in [1.54, 1.807) is 9.80 Å². The normalized spacial score (nSPS) is 11.6. The van der Waals surface area contributed by atoms with Gasteiger partial charge in [0.1, 0.15) is 36.9 Å². The molecule has 0 aliphatic carbocycles. The molecule has 0 bridgehead atoms. The second kappa shape index (κ2) is 27.7. The molecule has 0 aromatic heterocycles. The highest BCUT2D eigenvalue weighted by Crippen LogP contribution is 2.23. The van der Waals surface area contributed by atoms with E-state index in [4.69, 9.17) is 9.47 Å². The van der Waals surface area contributed by atoms with Gasteiger partial charge in [0.2, 0.25) is 11.8 Å². The van der Waals surface area contributed by atoms with Gasteiger partial charge in [0.05, 0.1) is 25.2 Å². The number of nitrogens with one attached hydrogen (secondary N) is 2. The molecule has 6 aromatic carbocycles. The molecule has 11 nitrogen and oxygen atoms in total. The number of aliphatic hydroxyl groups excluding tert-OH is 2. The molecule has 2 unspecified atom stereocenters. The van der Waals surface area contributed by atoms with E-state index in [0.717, 1.165) is 22.3 Å². The summed E-state index contributed by atoms with van der Waals surface area (Å²) in [6.45, 7) is 1.37. The number of aliphatic hydroxyl groups is 2. The molecule has 0 fully saturated rings. The van der Waals surface area contributed by atoms with Gasteiger partial charge in [0, 0.05) is 13.1 Å². The Hall–Kier alpha value is -6.05. The van der Waals surface area contributed by atoms with E-state index in [1.807, 2.05) is 196 Å². The highest BCUT2D eigenvalue weighted by Gasteiger charge is 2.20. The van der Waals surface area contributed by atoms with Crippen molar-refractivity contribution in [1.82, 2.24) is 20.4 Å². The van der Waals surface area contributed by atoms with Gasteiger partial charge < -0.3 is 35.8 Å². The van der Waals surface area contributed by atoms with Crippen molar-refractivity contribution in [3.8, 4) is 11.5 Å². The minimum atomic E-state index is -0.693. The van der Waals surface area contributed by atoms with Crippen LogP contribution in [0.5, 0.6) is 11.5 Å². The molecule has 0 saturated carbocycles. The Bertz CT molecular complexity index is 1860. The third-order valence-electron chi connectivity index (χ3n) is 9.39. The van der Waals surface area contributed by atoms with E-state index in [1.165, 1.54) is 0 Å². The fourth-order valence-electron chi connectivity index (χ4n) is 6.58. The van der Waals surface area contributed by atoms with E-state index < -0.39 is 12.2 Å². The van der Waals surface area contributed by atoms with Gasteiger partial charge >= 0.3 is 0 Å². The second-order valence-corrected chi connectivity index (χ2v) is 14.6. The summed E-state index contributed by atoms with van der Waals surface area (Å²) in [5.74, 6) is 1.22. The van der Waals surface area contributed by atoms with Crippen LogP contribution in [-0.2, 0) is 9.59 Å². The van der Waals surface area contributed by atoms with Crippen LogP contribution in [0.15, 0.2) is 182 Å².